The van der Waals surface area contributed by atoms with E-state index in [2.05, 4.69) is 10.5 Å². The normalized spacial score (nSPS) is 15.0. The first-order valence-electron chi connectivity index (χ1n) is 4.18. The van der Waals surface area contributed by atoms with Gasteiger partial charge in [0.25, 0.3) is 0 Å². The number of alkyl halides is 3. The molecule has 0 amide bonds. The van der Waals surface area contributed by atoms with Gasteiger partial charge in [-0.05, 0) is 17.7 Å². The van der Waals surface area contributed by atoms with Crippen LogP contribution in [0.5, 0.6) is 0 Å². The van der Waals surface area contributed by atoms with Crippen molar-refractivity contribution in [2.24, 2.45) is 5.10 Å². The van der Waals surface area contributed by atoms with Gasteiger partial charge >= 0.3 is 6.18 Å². The number of allylic oxidation sites excluding steroid dienone is 1. The van der Waals surface area contributed by atoms with Gasteiger partial charge in [-0.1, -0.05) is 12.1 Å². The number of rotatable bonds is 1. The van der Waals surface area contributed by atoms with Crippen molar-refractivity contribution < 1.29 is 13.2 Å². The zero-order chi connectivity index (χ0) is 10.9. The second-order valence-electron chi connectivity index (χ2n) is 3.02. The molecule has 0 aromatic heterocycles. The van der Waals surface area contributed by atoms with E-state index < -0.39 is 11.7 Å². The fraction of sp³-hybridized carbons (Fsp3) is 0.100. The molecule has 0 N–H and O–H groups in total. The van der Waals surface area contributed by atoms with Crippen LogP contribution >= 0.6 is 0 Å². The van der Waals surface area contributed by atoms with Gasteiger partial charge in [0.1, 0.15) is 0 Å². The van der Waals surface area contributed by atoms with Crippen LogP contribution in [0.15, 0.2) is 35.6 Å². The quantitative estimate of drug-likeness (QED) is 0.682. The SMILES string of the molecule is FC(F)(F)c1cccc(C2=C[N]N=C2)c1. The van der Waals surface area contributed by atoms with E-state index in [1.165, 1.54) is 18.5 Å². The van der Waals surface area contributed by atoms with Crippen LogP contribution in [-0.2, 0) is 6.18 Å². The molecule has 0 spiro atoms. The summed E-state index contributed by atoms with van der Waals surface area (Å²) < 4.78 is 37.1. The van der Waals surface area contributed by atoms with E-state index in [4.69, 9.17) is 0 Å². The highest BCUT2D eigenvalue weighted by molar-refractivity contribution is 6.10. The Morgan fingerprint density at radius 1 is 1.13 bits per heavy atom. The molecule has 0 saturated carbocycles. The maximum atomic E-state index is 12.4. The Morgan fingerprint density at radius 3 is 2.53 bits per heavy atom. The summed E-state index contributed by atoms with van der Waals surface area (Å²) in [7, 11) is 0. The van der Waals surface area contributed by atoms with E-state index in [9.17, 15) is 13.2 Å². The van der Waals surface area contributed by atoms with E-state index in [-0.39, 0.29) is 0 Å². The molecule has 1 radical (unpaired) electrons. The topological polar surface area (TPSA) is 26.5 Å². The molecule has 0 saturated heterocycles. The fourth-order valence-electron chi connectivity index (χ4n) is 1.25. The minimum Gasteiger partial charge on any atom is -0.166 e. The van der Waals surface area contributed by atoms with Crippen LogP contribution in [0.3, 0.4) is 0 Å². The molecular weight excluding hydrogens is 205 g/mol. The van der Waals surface area contributed by atoms with Gasteiger partial charge in [0, 0.05) is 5.57 Å². The lowest BCUT2D eigenvalue weighted by Gasteiger charge is -2.07. The lowest BCUT2D eigenvalue weighted by molar-refractivity contribution is -0.137. The van der Waals surface area contributed by atoms with Crippen LogP contribution in [0.2, 0.25) is 0 Å². The highest BCUT2D eigenvalue weighted by Gasteiger charge is 2.30. The lowest BCUT2D eigenvalue weighted by atomic mass is 10.0. The van der Waals surface area contributed by atoms with Crippen molar-refractivity contribution in [1.82, 2.24) is 5.43 Å². The highest BCUT2D eigenvalue weighted by atomic mass is 19.4. The molecule has 0 fully saturated rings. The van der Waals surface area contributed by atoms with Crippen LogP contribution in [0.25, 0.3) is 5.57 Å². The first-order chi connectivity index (χ1) is 7.07. The van der Waals surface area contributed by atoms with E-state index in [0.29, 0.717) is 11.1 Å². The third-order valence-corrected chi connectivity index (χ3v) is 1.98. The summed E-state index contributed by atoms with van der Waals surface area (Å²) >= 11 is 0. The molecular formula is C10H6F3N2. The number of benzene rings is 1. The fourth-order valence-corrected chi connectivity index (χ4v) is 1.25. The summed E-state index contributed by atoms with van der Waals surface area (Å²) in [6.07, 6.45) is -1.46. The van der Waals surface area contributed by atoms with Gasteiger partial charge < -0.3 is 0 Å². The van der Waals surface area contributed by atoms with Crippen molar-refractivity contribution in [3.8, 4) is 0 Å². The standard InChI is InChI=1S/C10H6F3N2/c11-10(12,13)9-3-1-2-7(4-9)8-5-14-15-6-8/h1-6H. The molecule has 0 bridgehead atoms. The number of nitrogens with zero attached hydrogens (tertiary/aromatic N) is 2. The van der Waals surface area contributed by atoms with Gasteiger partial charge in [0.15, 0.2) is 0 Å². The Morgan fingerprint density at radius 2 is 1.93 bits per heavy atom. The van der Waals surface area contributed by atoms with Crippen molar-refractivity contribution in [2.45, 2.75) is 6.18 Å². The molecule has 0 aliphatic carbocycles. The summed E-state index contributed by atoms with van der Waals surface area (Å²) in [5.74, 6) is 0. The predicted octanol–water partition coefficient (Wildman–Crippen LogP) is 2.65. The third-order valence-electron chi connectivity index (χ3n) is 1.98. The number of hydrogen-bond donors (Lipinski definition) is 0. The Labute approximate surface area is 84.1 Å². The highest BCUT2D eigenvalue weighted by Crippen LogP contribution is 2.30. The van der Waals surface area contributed by atoms with E-state index in [0.717, 1.165) is 12.1 Å². The lowest BCUT2D eigenvalue weighted by Crippen LogP contribution is -2.05. The molecule has 77 valence electrons. The van der Waals surface area contributed by atoms with Gasteiger partial charge in [0.2, 0.25) is 0 Å². The summed E-state index contributed by atoms with van der Waals surface area (Å²) in [4.78, 5) is 0. The van der Waals surface area contributed by atoms with E-state index >= 15 is 0 Å². The molecule has 1 aromatic carbocycles. The van der Waals surface area contributed by atoms with Crippen LogP contribution in [0.1, 0.15) is 11.1 Å². The van der Waals surface area contributed by atoms with Crippen molar-refractivity contribution in [3.05, 3.63) is 41.6 Å². The Kier molecular flexibility index (Phi) is 2.22. The summed E-state index contributed by atoms with van der Waals surface area (Å²) in [5, 5.41) is 3.56. The maximum Gasteiger partial charge on any atom is 0.416 e. The van der Waals surface area contributed by atoms with Crippen LogP contribution in [0.4, 0.5) is 13.2 Å². The monoisotopic (exact) mass is 211 g/mol. The van der Waals surface area contributed by atoms with Crippen LogP contribution in [-0.4, -0.2) is 6.21 Å². The zero-order valence-electron chi connectivity index (χ0n) is 7.49. The molecule has 1 heterocycles. The molecule has 1 aliphatic rings. The van der Waals surface area contributed by atoms with E-state index in [1.54, 1.807) is 6.07 Å². The van der Waals surface area contributed by atoms with Crippen molar-refractivity contribution in [2.75, 3.05) is 0 Å². The van der Waals surface area contributed by atoms with Crippen molar-refractivity contribution in [3.63, 3.8) is 0 Å². The average Bonchev–Trinajstić information content (AvgIpc) is 2.69. The Hall–Kier alpha value is -1.78. The Bertz CT molecular complexity index is 433. The summed E-state index contributed by atoms with van der Waals surface area (Å²) in [6, 6.07) is 5.07. The first kappa shape index (κ1) is 9.76. The molecule has 1 aliphatic heterocycles. The molecule has 15 heavy (non-hydrogen) atoms. The zero-order valence-corrected chi connectivity index (χ0v) is 7.49. The largest absolute Gasteiger partial charge is 0.416 e. The van der Waals surface area contributed by atoms with Gasteiger partial charge in [-0.15, -0.1) is 0 Å². The maximum absolute atomic E-state index is 12.4. The number of halogens is 3. The van der Waals surface area contributed by atoms with Crippen molar-refractivity contribution >= 4 is 11.8 Å². The minimum atomic E-state index is -4.32. The minimum absolute atomic E-state index is 0.467. The Balaban J connectivity index is 2.39. The van der Waals surface area contributed by atoms with Gasteiger partial charge in [-0.25, -0.2) is 0 Å². The van der Waals surface area contributed by atoms with Gasteiger partial charge in [0.05, 0.1) is 18.0 Å². The first-order valence-corrected chi connectivity index (χ1v) is 4.18. The van der Waals surface area contributed by atoms with Crippen LogP contribution < -0.4 is 5.43 Å². The molecule has 1 aromatic rings. The smallest absolute Gasteiger partial charge is 0.166 e. The average molecular weight is 211 g/mol. The van der Waals surface area contributed by atoms with E-state index in [1.807, 2.05) is 0 Å². The predicted molar refractivity (Wildman–Crippen MR) is 50.0 cm³/mol. The number of hydrogen-bond acceptors (Lipinski definition) is 1. The molecule has 0 atom stereocenters. The molecule has 2 nitrogen and oxygen atoms in total. The van der Waals surface area contributed by atoms with Gasteiger partial charge in [-0.3, -0.25) is 0 Å². The van der Waals surface area contributed by atoms with Crippen LogP contribution in [0, 0.1) is 0 Å². The van der Waals surface area contributed by atoms with Crippen molar-refractivity contribution in [1.29, 1.82) is 0 Å². The molecule has 2 rings (SSSR count). The second kappa shape index (κ2) is 3.42. The summed E-state index contributed by atoms with van der Waals surface area (Å²) in [6.45, 7) is 0. The second-order valence-corrected chi connectivity index (χ2v) is 3.02. The van der Waals surface area contributed by atoms with Gasteiger partial charge in [-0.2, -0.15) is 23.7 Å². The third kappa shape index (κ3) is 2.01. The summed E-state index contributed by atoms with van der Waals surface area (Å²) in [5.41, 5.74) is 3.95. The molecule has 0 unspecified atom stereocenters. The molecule has 5 heteroatoms.